The molecule has 0 aliphatic carbocycles. The number of nitrogens with one attached hydrogen (secondary N) is 2. The Morgan fingerprint density at radius 1 is 1.04 bits per heavy atom. The average molecular weight is 401 g/mol. The van der Waals surface area contributed by atoms with Gasteiger partial charge in [0.05, 0.1) is 12.4 Å². The van der Waals surface area contributed by atoms with E-state index in [-0.39, 0.29) is 22.5 Å². The first-order valence-electron chi connectivity index (χ1n) is 9.18. The highest BCUT2D eigenvalue weighted by atomic mass is 32.2. The van der Waals surface area contributed by atoms with Gasteiger partial charge in [-0.05, 0) is 42.7 Å². The number of rotatable bonds is 7. The molecule has 2 aromatic carbocycles. The second-order valence-corrected chi connectivity index (χ2v) is 9.21. The lowest BCUT2D eigenvalue weighted by Gasteiger charge is -2.17. The van der Waals surface area contributed by atoms with Crippen LogP contribution in [0.2, 0.25) is 0 Å². The van der Waals surface area contributed by atoms with Crippen LogP contribution in [0.4, 0.5) is 11.4 Å². The minimum absolute atomic E-state index is 0.0153. The van der Waals surface area contributed by atoms with Crippen LogP contribution in [-0.2, 0) is 9.59 Å². The molecule has 1 unspecified atom stereocenters. The SMILES string of the molecule is COc1cccc(NC(=O)C(C)Sc2cccc(NC(=O)CC(C)(C)C)c2)c1. The van der Waals surface area contributed by atoms with Gasteiger partial charge in [0.2, 0.25) is 11.8 Å². The fourth-order valence-electron chi connectivity index (χ4n) is 2.54. The molecular weight excluding hydrogens is 372 g/mol. The number of anilines is 2. The average Bonchev–Trinajstić information content (AvgIpc) is 2.60. The molecule has 28 heavy (non-hydrogen) atoms. The second kappa shape index (κ2) is 9.64. The van der Waals surface area contributed by atoms with Gasteiger partial charge >= 0.3 is 0 Å². The molecule has 0 radical (unpaired) electrons. The van der Waals surface area contributed by atoms with Crippen LogP contribution >= 0.6 is 11.8 Å². The number of carbonyl (C=O) groups is 2. The van der Waals surface area contributed by atoms with Crippen molar-refractivity contribution in [3.63, 3.8) is 0 Å². The lowest BCUT2D eigenvalue weighted by atomic mass is 9.92. The van der Waals surface area contributed by atoms with E-state index in [0.29, 0.717) is 17.9 Å². The molecule has 0 saturated carbocycles. The summed E-state index contributed by atoms with van der Waals surface area (Å²) < 4.78 is 5.18. The number of benzene rings is 2. The number of hydrogen-bond acceptors (Lipinski definition) is 4. The van der Waals surface area contributed by atoms with E-state index >= 15 is 0 Å². The summed E-state index contributed by atoms with van der Waals surface area (Å²) in [7, 11) is 1.59. The van der Waals surface area contributed by atoms with Crippen LogP contribution < -0.4 is 15.4 Å². The van der Waals surface area contributed by atoms with E-state index < -0.39 is 0 Å². The van der Waals surface area contributed by atoms with Crippen LogP contribution in [0.25, 0.3) is 0 Å². The molecule has 0 bridgehead atoms. The van der Waals surface area contributed by atoms with Gasteiger partial charge in [-0.2, -0.15) is 0 Å². The highest BCUT2D eigenvalue weighted by molar-refractivity contribution is 8.00. The molecule has 0 heterocycles. The molecule has 6 heteroatoms. The maximum absolute atomic E-state index is 12.5. The van der Waals surface area contributed by atoms with Crippen LogP contribution in [0.5, 0.6) is 5.75 Å². The monoisotopic (exact) mass is 400 g/mol. The van der Waals surface area contributed by atoms with Crippen molar-refractivity contribution in [1.29, 1.82) is 0 Å². The quantitative estimate of drug-likeness (QED) is 0.628. The second-order valence-electron chi connectivity index (χ2n) is 7.79. The van der Waals surface area contributed by atoms with Gasteiger partial charge in [-0.15, -0.1) is 11.8 Å². The molecule has 1 atom stereocenters. The summed E-state index contributed by atoms with van der Waals surface area (Å²) in [5.41, 5.74) is 1.36. The van der Waals surface area contributed by atoms with Gasteiger partial charge in [0.25, 0.3) is 0 Å². The maximum Gasteiger partial charge on any atom is 0.237 e. The van der Waals surface area contributed by atoms with Gasteiger partial charge < -0.3 is 15.4 Å². The molecule has 2 N–H and O–H groups in total. The lowest BCUT2D eigenvalue weighted by molar-refractivity contribution is -0.118. The third-order valence-electron chi connectivity index (χ3n) is 3.83. The number of thioether (sulfide) groups is 1. The zero-order chi connectivity index (χ0) is 20.7. The predicted molar refractivity (Wildman–Crippen MR) is 116 cm³/mol. The Morgan fingerprint density at radius 2 is 1.68 bits per heavy atom. The standard InChI is InChI=1S/C22H28N2O3S/c1-15(21(26)24-16-8-6-10-18(12-16)27-5)28-19-11-7-9-17(13-19)23-20(25)14-22(2,3)4/h6-13,15H,14H2,1-5H3,(H,23,25)(H,24,26). The third kappa shape index (κ3) is 7.27. The molecule has 2 amide bonds. The van der Waals surface area contributed by atoms with Crippen molar-refractivity contribution in [3.05, 3.63) is 48.5 Å². The summed E-state index contributed by atoms with van der Waals surface area (Å²) in [6.45, 7) is 7.94. The topological polar surface area (TPSA) is 67.4 Å². The fraction of sp³-hybridized carbons (Fsp3) is 0.364. The van der Waals surface area contributed by atoms with Crippen molar-refractivity contribution < 1.29 is 14.3 Å². The molecule has 2 rings (SSSR count). The largest absolute Gasteiger partial charge is 0.497 e. The Kier molecular flexibility index (Phi) is 7.52. The van der Waals surface area contributed by atoms with E-state index in [9.17, 15) is 9.59 Å². The van der Waals surface area contributed by atoms with Gasteiger partial charge in [-0.1, -0.05) is 32.9 Å². The number of ether oxygens (including phenoxy) is 1. The zero-order valence-electron chi connectivity index (χ0n) is 17.0. The Labute approximate surface area is 171 Å². The number of methoxy groups -OCH3 is 1. The smallest absolute Gasteiger partial charge is 0.237 e. The molecule has 0 aliphatic heterocycles. The molecule has 5 nitrogen and oxygen atoms in total. The van der Waals surface area contributed by atoms with Gasteiger partial charge in [0.15, 0.2) is 0 Å². The van der Waals surface area contributed by atoms with Crippen LogP contribution in [-0.4, -0.2) is 24.2 Å². The van der Waals surface area contributed by atoms with Crippen LogP contribution in [0.1, 0.15) is 34.1 Å². The van der Waals surface area contributed by atoms with E-state index in [4.69, 9.17) is 4.74 Å². The summed E-state index contributed by atoms with van der Waals surface area (Å²) in [4.78, 5) is 25.5. The van der Waals surface area contributed by atoms with Gasteiger partial charge in [-0.25, -0.2) is 0 Å². The normalized spacial score (nSPS) is 12.2. The molecule has 0 saturated heterocycles. The molecule has 2 aromatic rings. The number of carbonyl (C=O) groups excluding carboxylic acids is 2. The van der Waals surface area contributed by atoms with Crippen LogP contribution in [0.3, 0.4) is 0 Å². The summed E-state index contributed by atoms with van der Waals surface area (Å²) in [5, 5.41) is 5.53. The van der Waals surface area contributed by atoms with Crippen LogP contribution in [0.15, 0.2) is 53.4 Å². The van der Waals surface area contributed by atoms with Gasteiger partial charge in [0, 0.05) is 28.8 Å². The van der Waals surface area contributed by atoms with Crippen molar-refractivity contribution in [3.8, 4) is 5.75 Å². The lowest BCUT2D eigenvalue weighted by Crippen LogP contribution is -2.22. The van der Waals surface area contributed by atoms with E-state index in [2.05, 4.69) is 10.6 Å². The van der Waals surface area contributed by atoms with Crippen molar-refractivity contribution in [2.24, 2.45) is 5.41 Å². The van der Waals surface area contributed by atoms with Crippen molar-refractivity contribution >= 4 is 35.0 Å². The van der Waals surface area contributed by atoms with E-state index in [1.807, 2.05) is 70.2 Å². The minimum Gasteiger partial charge on any atom is -0.497 e. The first kappa shape index (κ1) is 21.8. The highest BCUT2D eigenvalue weighted by Crippen LogP contribution is 2.27. The molecular formula is C22H28N2O3S. The minimum atomic E-state index is -0.299. The Hall–Kier alpha value is -2.47. The molecule has 150 valence electrons. The van der Waals surface area contributed by atoms with E-state index in [1.54, 1.807) is 13.2 Å². The maximum atomic E-state index is 12.5. The molecule has 0 aliphatic rings. The number of hydrogen-bond donors (Lipinski definition) is 2. The highest BCUT2D eigenvalue weighted by Gasteiger charge is 2.17. The first-order chi connectivity index (χ1) is 13.2. The summed E-state index contributed by atoms with van der Waals surface area (Å²) in [6.07, 6.45) is 0.448. The Balaban J connectivity index is 1.96. The summed E-state index contributed by atoms with van der Waals surface area (Å²) in [5.74, 6) is 0.579. The third-order valence-corrected chi connectivity index (χ3v) is 4.92. The summed E-state index contributed by atoms with van der Waals surface area (Å²) >= 11 is 1.44. The van der Waals surface area contributed by atoms with E-state index in [1.165, 1.54) is 11.8 Å². The van der Waals surface area contributed by atoms with Gasteiger partial charge in [-0.3, -0.25) is 9.59 Å². The Morgan fingerprint density at radius 3 is 2.32 bits per heavy atom. The predicted octanol–water partition coefficient (Wildman–Crippen LogP) is 5.19. The van der Waals surface area contributed by atoms with Gasteiger partial charge in [0.1, 0.15) is 5.75 Å². The number of amides is 2. The van der Waals surface area contributed by atoms with Crippen molar-refractivity contribution in [2.45, 2.75) is 44.3 Å². The van der Waals surface area contributed by atoms with Crippen molar-refractivity contribution in [1.82, 2.24) is 0 Å². The zero-order valence-corrected chi connectivity index (χ0v) is 17.9. The molecule has 0 fully saturated rings. The Bertz CT molecular complexity index is 831. The first-order valence-corrected chi connectivity index (χ1v) is 10.1. The molecule has 0 spiro atoms. The van der Waals surface area contributed by atoms with E-state index in [0.717, 1.165) is 10.6 Å². The fourth-order valence-corrected chi connectivity index (χ4v) is 3.46. The molecule has 0 aromatic heterocycles. The van der Waals surface area contributed by atoms with Crippen LogP contribution in [0, 0.1) is 5.41 Å². The summed E-state index contributed by atoms with van der Waals surface area (Å²) in [6, 6.07) is 14.8. The van der Waals surface area contributed by atoms with Crippen molar-refractivity contribution in [2.75, 3.05) is 17.7 Å².